The quantitative estimate of drug-likeness (QED) is 0.103. The van der Waals surface area contributed by atoms with Gasteiger partial charge in [-0.25, -0.2) is 9.97 Å². The van der Waals surface area contributed by atoms with Gasteiger partial charge in [0, 0.05) is 46.0 Å². The zero-order valence-electron chi connectivity index (χ0n) is 35.4. The zero-order chi connectivity index (χ0) is 46.6. The number of aliphatic carboxylic acids is 2. The first-order valence-electron chi connectivity index (χ1n) is 19.4. The molecule has 3 aromatic rings. The second-order valence-corrected chi connectivity index (χ2v) is 14.4. The van der Waals surface area contributed by atoms with E-state index in [0.717, 1.165) is 50.0 Å². The van der Waals surface area contributed by atoms with Crippen LogP contribution >= 0.6 is 0 Å². The lowest BCUT2D eigenvalue weighted by Crippen LogP contribution is -2.34. The summed E-state index contributed by atoms with van der Waals surface area (Å²) in [5, 5.41) is 89.8. The molecule has 0 saturated heterocycles. The van der Waals surface area contributed by atoms with Crippen LogP contribution in [0.15, 0.2) is 24.3 Å². The van der Waals surface area contributed by atoms with Gasteiger partial charge in [0.1, 0.15) is 40.1 Å². The highest BCUT2D eigenvalue weighted by Gasteiger charge is 2.24. The average Bonchev–Trinajstić information content (AvgIpc) is 3.90. The van der Waals surface area contributed by atoms with E-state index in [9.17, 15) is 39.6 Å². The van der Waals surface area contributed by atoms with E-state index in [1.54, 1.807) is 13.8 Å². The van der Waals surface area contributed by atoms with Crippen LogP contribution in [0.4, 0.5) is 0 Å². The third-order valence-corrected chi connectivity index (χ3v) is 10.3. The number of aliphatic hydroxyl groups excluding tert-OH is 8. The molecule has 3 aromatic heterocycles. The van der Waals surface area contributed by atoms with Crippen LogP contribution in [0.5, 0.6) is 0 Å². The minimum Gasteiger partial charge on any atom is -0.481 e. The highest BCUT2D eigenvalue weighted by molar-refractivity contribution is 5.96. The molecule has 5 rings (SSSR count). The zero-order valence-corrected chi connectivity index (χ0v) is 35.4. The number of H-pyrrole nitrogens is 2. The fourth-order valence-corrected chi connectivity index (χ4v) is 6.92. The van der Waals surface area contributed by atoms with Gasteiger partial charge in [0.25, 0.3) is 11.8 Å². The van der Waals surface area contributed by atoms with Crippen molar-refractivity contribution >= 4 is 68.1 Å². The number of nitrogens with one attached hydrogen (secondary N) is 2. The van der Waals surface area contributed by atoms with Crippen molar-refractivity contribution in [2.24, 2.45) is 0 Å². The minimum absolute atomic E-state index is 0.0750. The van der Waals surface area contributed by atoms with Gasteiger partial charge in [-0.2, -0.15) is 0 Å². The van der Waals surface area contributed by atoms with E-state index in [4.69, 9.17) is 40.6 Å². The molecule has 0 saturated carbocycles. The highest BCUT2D eigenvalue weighted by Crippen LogP contribution is 2.39. The first-order chi connectivity index (χ1) is 29.3. The van der Waals surface area contributed by atoms with Gasteiger partial charge < -0.3 is 61.0 Å². The fraction of sp³-hybridized carbons (Fsp3) is 0.429. The molecule has 20 nitrogen and oxygen atoms in total. The lowest BCUT2D eigenvalue weighted by Gasteiger charge is -2.13. The van der Waals surface area contributed by atoms with Crippen molar-refractivity contribution in [3.8, 4) is 0 Å². The van der Waals surface area contributed by atoms with Crippen LogP contribution in [-0.2, 0) is 19.2 Å². The standard InChI is InChI=1S/C34H38N4O6.2C4H9NO4/c1-15-21(7-9-31(41)42)27-14-28-22(8-10-32(43)44)16(2)24(36-28)12-29-34(20(6)40)18(4)26(38-29)13-30-33(19(5)39)17(3)25(37-30)11-23(15)35-27;2*6-1-4(9)5(2-7)3-8/h11-14,19-20,37-40H,7-10H2,1-6H3,(H,41,42)(H,43,44);2*6-8H,1-3H2. The Hall–Kier alpha value is -5.84. The van der Waals surface area contributed by atoms with Gasteiger partial charge in [-0.1, -0.05) is 0 Å². The van der Waals surface area contributed by atoms with Crippen molar-refractivity contribution in [3.63, 3.8) is 0 Å². The first-order valence-corrected chi connectivity index (χ1v) is 19.4. The number of amides is 2. The number of carboxylic acid groups (broad SMARTS) is 2. The largest absolute Gasteiger partial charge is 0.481 e. The van der Waals surface area contributed by atoms with Crippen molar-refractivity contribution in [2.45, 2.75) is 79.4 Å². The number of aliphatic hydroxyl groups is 8. The summed E-state index contributed by atoms with van der Waals surface area (Å²) in [7, 11) is 0. The number of rotatable bonds is 14. The van der Waals surface area contributed by atoms with Gasteiger partial charge >= 0.3 is 11.9 Å². The Morgan fingerprint density at radius 2 is 0.887 bits per heavy atom. The Morgan fingerprint density at radius 3 is 1.19 bits per heavy atom. The lowest BCUT2D eigenvalue weighted by atomic mass is 9.98. The number of aryl methyl sites for hydroxylation is 2. The molecule has 62 heavy (non-hydrogen) atoms. The SMILES string of the molecule is CC1=C(CCC(=O)O)c2cc3nc(cc4[nH]c(cc5[nH]c(cc1n2)c(C)c5C(C)O)c(C)c4C(C)O)C(C)=C3CCC(=O)O.O=C(CO)N(CO)CO.O=C(CO)N(CO)CO. The molecule has 2 atom stereocenters. The molecule has 338 valence electrons. The van der Waals surface area contributed by atoms with Crippen molar-refractivity contribution in [3.05, 3.63) is 69.3 Å². The van der Waals surface area contributed by atoms with Crippen LogP contribution < -0.4 is 0 Å². The van der Waals surface area contributed by atoms with E-state index in [0.29, 0.717) is 49.2 Å². The molecule has 0 radical (unpaired) electrons. The number of nitrogens with zero attached hydrogens (tertiary/aromatic N) is 4. The van der Waals surface area contributed by atoms with E-state index >= 15 is 0 Å². The fourth-order valence-electron chi connectivity index (χ4n) is 6.92. The molecule has 0 aliphatic carbocycles. The van der Waals surface area contributed by atoms with Gasteiger partial charge in [-0.05, 0) is 112 Å². The Bertz CT molecular complexity index is 2330. The van der Waals surface area contributed by atoms with E-state index in [1.165, 1.54) is 0 Å². The van der Waals surface area contributed by atoms with Gasteiger partial charge in [0.15, 0.2) is 0 Å². The Balaban J connectivity index is 0.000000475. The Morgan fingerprint density at radius 1 is 0.548 bits per heavy atom. The van der Waals surface area contributed by atoms with Crippen molar-refractivity contribution in [1.82, 2.24) is 29.7 Å². The first kappa shape index (κ1) is 50.5. The van der Waals surface area contributed by atoms with E-state index in [1.807, 2.05) is 52.0 Å². The smallest absolute Gasteiger partial charge is 0.303 e. The molecule has 12 N–H and O–H groups in total. The number of carbonyl (C=O) groups excluding carboxylic acids is 2. The van der Waals surface area contributed by atoms with Gasteiger partial charge in [-0.15, -0.1) is 0 Å². The van der Waals surface area contributed by atoms with E-state index in [-0.39, 0.29) is 25.7 Å². The molecule has 0 spiro atoms. The third-order valence-electron chi connectivity index (χ3n) is 10.3. The number of aromatic amines is 2. The summed E-state index contributed by atoms with van der Waals surface area (Å²) in [6.07, 6.45) is -1.18. The number of aromatic nitrogens is 4. The number of allylic oxidation sites excluding steroid dienone is 4. The van der Waals surface area contributed by atoms with E-state index < -0.39 is 76.1 Å². The lowest BCUT2D eigenvalue weighted by molar-refractivity contribution is -0.143. The molecule has 2 aliphatic rings. The van der Waals surface area contributed by atoms with Gasteiger partial charge in [0.2, 0.25) is 0 Å². The number of carbonyl (C=O) groups is 4. The second kappa shape index (κ2) is 22.8. The molecule has 0 aromatic carbocycles. The van der Waals surface area contributed by atoms with Crippen LogP contribution in [0.3, 0.4) is 0 Å². The van der Waals surface area contributed by atoms with Crippen LogP contribution in [-0.4, -0.2) is 145 Å². The maximum atomic E-state index is 11.6. The monoisotopic (exact) mass is 868 g/mol. The maximum Gasteiger partial charge on any atom is 0.303 e. The predicted molar refractivity (Wildman–Crippen MR) is 227 cm³/mol. The minimum atomic E-state index is -0.921. The predicted octanol–water partition coefficient (Wildman–Crippen LogP) is 2.04. The highest BCUT2D eigenvalue weighted by atomic mass is 16.4. The Labute approximate surface area is 356 Å². The van der Waals surface area contributed by atoms with E-state index in [2.05, 4.69) is 9.97 Å². The summed E-state index contributed by atoms with van der Waals surface area (Å²) in [6.45, 7) is 7.42. The van der Waals surface area contributed by atoms with Crippen LogP contribution in [0, 0.1) is 13.8 Å². The van der Waals surface area contributed by atoms with Crippen LogP contribution in [0.25, 0.3) is 44.4 Å². The van der Waals surface area contributed by atoms with Crippen molar-refractivity contribution in [1.29, 1.82) is 0 Å². The number of hydrogen-bond acceptors (Lipinski definition) is 14. The third kappa shape index (κ3) is 12.2. The second-order valence-electron chi connectivity index (χ2n) is 14.4. The summed E-state index contributed by atoms with van der Waals surface area (Å²) < 4.78 is 0. The number of fused-ring (bicyclic) bond motifs is 8. The van der Waals surface area contributed by atoms with Crippen LogP contribution in [0.1, 0.15) is 111 Å². The summed E-state index contributed by atoms with van der Waals surface area (Å²) in [5.74, 6) is -3.23. The summed E-state index contributed by atoms with van der Waals surface area (Å²) in [5.41, 5.74) is 11.7. The summed E-state index contributed by atoms with van der Waals surface area (Å²) in [6, 6.07) is 7.51. The molecular weight excluding hydrogens is 812 g/mol. The Kier molecular flexibility index (Phi) is 18.6. The topological polar surface area (TPSA) is 334 Å². The molecule has 5 heterocycles. The molecule has 20 heteroatoms. The summed E-state index contributed by atoms with van der Waals surface area (Å²) in [4.78, 5) is 61.9. The molecule has 0 fully saturated rings. The molecular formula is C42H56N6O14. The number of hydrogen-bond donors (Lipinski definition) is 12. The van der Waals surface area contributed by atoms with Crippen LogP contribution in [0.2, 0.25) is 0 Å². The molecule has 2 aliphatic heterocycles. The average molecular weight is 869 g/mol. The van der Waals surface area contributed by atoms with Gasteiger partial charge in [0.05, 0.1) is 35.0 Å². The normalized spacial score (nSPS) is 13.1. The number of carboxylic acids is 2. The summed E-state index contributed by atoms with van der Waals surface area (Å²) >= 11 is 0. The van der Waals surface area contributed by atoms with Gasteiger partial charge in [-0.3, -0.25) is 29.0 Å². The molecule has 2 amide bonds. The molecule has 2 unspecified atom stereocenters. The maximum absolute atomic E-state index is 11.6. The van der Waals surface area contributed by atoms with Crippen molar-refractivity contribution < 1.29 is 70.2 Å². The van der Waals surface area contributed by atoms with Crippen molar-refractivity contribution in [2.75, 3.05) is 40.1 Å². The molecule has 8 bridgehead atoms.